The number of benzene rings is 1. The Labute approximate surface area is 84.8 Å². The second kappa shape index (κ2) is 3.62. The predicted octanol–water partition coefficient (Wildman–Crippen LogP) is 2.72. The fourth-order valence-corrected chi connectivity index (χ4v) is 1.56. The highest BCUT2D eigenvalue weighted by Gasteiger charge is 2.38. The van der Waals surface area contributed by atoms with Crippen LogP contribution in [0.4, 0.5) is 0 Å². The van der Waals surface area contributed by atoms with Crippen LogP contribution in [0.25, 0.3) is 0 Å². The lowest BCUT2D eigenvalue weighted by molar-refractivity contribution is 0.0511. The van der Waals surface area contributed by atoms with Crippen LogP contribution in [-0.2, 0) is 10.2 Å². The molecule has 1 aromatic rings. The third-order valence-corrected chi connectivity index (χ3v) is 2.89. The van der Waals surface area contributed by atoms with Crippen molar-refractivity contribution in [3.05, 3.63) is 29.8 Å². The van der Waals surface area contributed by atoms with Gasteiger partial charge in [-0.1, -0.05) is 19.1 Å². The van der Waals surface area contributed by atoms with Crippen molar-refractivity contribution in [1.29, 1.82) is 0 Å². The van der Waals surface area contributed by atoms with Gasteiger partial charge in [0.25, 0.3) is 0 Å². The molecule has 0 saturated heterocycles. The molecule has 76 valence electrons. The molecule has 0 aromatic heterocycles. The van der Waals surface area contributed by atoms with Gasteiger partial charge in [0.1, 0.15) is 5.75 Å². The Kier molecular flexibility index (Phi) is 2.46. The first-order chi connectivity index (χ1) is 6.74. The fraction of sp³-hybridized carbons (Fsp3) is 0.500. The molecule has 2 rings (SSSR count). The van der Waals surface area contributed by atoms with Gasteiger partial charge in [0.15, 0.2) is 6.79 Å². The largest absolute Gasteiger partial charge is 0.468 e. The third kappa shape index (κ3) is 1.90. The maximum atomic E-state index is 5.32. The molecule has 0 amide bonds. The number of hydrogen-bond acceptors (Lipinski definition) is 2. The maximum absolute atomic E-state index is 5.32. The first-order valence-electron chi connectivity index (χ1n) is 4.97. The summed E-state index contributed by atoms with van der Waals surface area (Å²) in [6.45, 7) is 2.62. The first kappa shape index (κ1) is 9.53. The summed E-state index contributed by atoms with van der Waals surface area (Å²) in [5.41, 5.74) is 1.86. The molecule has 2 heteroatoms. The Hall–Kier alpha value is -1.02. The molecule has 1 aromatic carbocycles. The van der Waals surface area contributed by atoms with Crippen molar-refractivity contribution in [2.75, 3.05) is 13.9 Å². The zero-order chi connectivity index (χ0) is 10.0. The van der Waals surface area contributed by atoms with Crippen LogP contribution in [0.1, 0.15) is 25.3 Å². The van der Waals surface area contributed by atoms with E-state index in [4.69, 9.17) is 9.47 Å². The van der Waals surface area contributed by atoms with Crippen LogP contribution < -0.4 is 4.74 Å². The van der Waals surface area contributed by atoms with E-state index in [0.29, 0.717) is 12.2 Å². The summed E-state index contributed by atoms with van der Waals surface area (Å²) >= 11 is 0. The number of rotatable bonds is 4. The van der Waals surface area contributed by atoms with Crippen LogP contribution in [0.15, 0.2) is 24.3 Å². The van der Waals surface area contributed by atoms with Crippen LogP contribution in [0.5, 0.6) is 5.75 Å². The van der Waals surface area contributed by atoms with Crippen molar-refractivity contribution in [1.82, 2.24) is 0 Å². The van der Waals surface area contributed by atoms with Crippen molar-refractivity contribution in [2.24, 2.45) is 0 Å². The van der Waals surface area contributed by atoms with E-state index >= 15 is 0 Å². The summed E-state index contributed by atoms with van der Waals surface area (Å²) in [5, 5.41) is 0. The highest BCUT2D eigenvalue weighted by molar-refractivity contribution is 5.35. The quantitative estimate of drug-likeness (QED) is 0.683. The van der Waals surface area contributed by atoms with E-state index in [0.717, 1.165) is 5.75 Å². The van der Waals surface area contributed by atoms with E-state index in [1.165, 1.54) is 18.4 Å². The number of methoxy groups -OCH3 is 1. The van der Waals surface area contributed by atoms with Crippen LogP contribution in [0, 0.1) is 0 Å². The molecule has 2 nitrogen and oxygen atoms in total. The molecular weight excluding hydrogens is 176 g/mol. The van der Waals surface area contributed by atoms with Gasteiger partial charge in [0, 0.05) is 7.11 Å². The molecule has 0 bridgehead atoms. The van der Waals surface area contributed by atoms with E-state index in [1.807, 2.05) is 12.1 Å². The van der Waals surface area contributed by atoms with Crippen LogP contribution >= 0.6 is 0 Å². The zero-order valence-corrected chi connectivity index (χ0v) is 8.75. The summed E-state index contributed by atoms with van der Waals surface area (Å²) < 4.78 is 10.2. The number of ether oxygens (including phenoxy) is 2. The van der Waals surface area contributed by atoms with Gasteiger partial charge in [0.2, 0.25) is 0 Å². The number of hydrogen-bond donors (Lipinski definition) is 0. The van der Waals surface area contributed by atoms with Gasteiger partial charge in [-0.2, -0.15) is 0 Å². The highest BCUT2D eigenvalue weighted by Crippen LogP contribution is 2.47. The van der Waals surface area contributed by atoms with Crippen molar-refractivity contribution < 1.29 is 9.47 Å². The monoisotopic (exact) mass is 192 g/mol. The average Bonchev–Trinajstić information content (AvgIpc) is 2.96. The van der Waals surface area contributed by atoms with Crippen LogP contribution in [0.3, 0.4) is 0 Å². The molecule has 1 aliphatic rings. The van der Waals surface area contributed by atoms with Crippen molar-refractivity contribution >= 4 is 0 Å². The minimum Gasteiger partial charge on any atom is -0.468 e. The second-order valence-corrected chi connectivity index (χ2v) is 4.14. The maximum Gasteiger partial charge on any atom is 0.188 e. The lowest BCUT2D eigenvalue weighted by atomic mass is 9.99. The topological polar surface area (TPSA) is 18.5 Å². The molecule has 0 heterocycles. The molecule has 0 spiro atoms. The SMILES string of the molecule is COCOc1ccc(C2(C)CC2)cc1. The van der Waals surface area contributed by atoms with Gasteiger partial charge >= 0.3 is 0 Å². The van der Waals surface area contributed by atoms with E-state index < -0.39 is 0 Å². The van der Waals surface area contributed by atoms with E-state index in [2.05, 4.69) is 19.1 Å². The van der Waals surface area contributed by atoms with E-state index in [9.17, 15) is 0 Å². The lowest BCUT2D eigenvalue weighted by Crippen LogP contribution is -2.01. The summed E-state index contributed by atoms with van der Waals surface area (Å²) in [6, 6.07) is 8.33. The standard InChI is InChI=1S/C12H16O2/c1-12(7-8-12)10-3-5-11(6-4-10)14-9-13-2/h3-6H,7-9H2,1-2H3. The van der Waals surface area contributed by atoms with Crippen molar-refractivity contribution in [2.45, 2.75) is 25.2 Å². The van der Waals surface area contributed by atoms with E-state index in [-0.39, 0.29) is 0 Å². The zero-order valence-electron chi connectivity index (χ0n) is 8.75. The van der Waals surface area contributed by atoms with Gasteiger partial charge in [0.05, 0.1) is 0 Å². The molecule has 0 aliphatic heterocycles. The summed E-state index contributed by atoms with van der Waals surface area (Å²) in [4.78, 5) is 0. The minimum absolute atomic E-state index is 0.316. The Balaban J connectivity index is 2.03. The average molecular weight is 192 g/mol. The highest BCUT2D eigenvalue weighted by atomic mass is 16.7. The van der Waals surface area contributed by atoms with Crippen LogP contribution in [-0.4, -0.2) is 13.9 Å². The van der Waals surface area contributed by atoms with Crippen molar-refractivity contribution in [3.8, 4) is 5.75 Å². The molecular formula is C12H16O2. The van der Waals surface area contributed by atoms with Crippen molar-refractivity contribution in [3.63, 3.8) is 0 Å². The summed E-state index contributed by atoms with van der Waals surface area (Å²) in [6.07, 6.45) is 2.62. The molecule has 0 unspecified atom stereocenters. The van der Waals surface area contributed by atoms with Gasteiger partial charge in [-0.25, -0.2) is 0 Å². The summed E-state index contributed by atoms with van der Waals surface area (Å²) in [7, 11) is 1.62. The molecule has 0 N–H and O–H groups in total. The predicted molar refractivity (Wildman–Crippen MR) is 55.5 cm³/mol. The Morgan fingerprint density at radius 2 is 1.86 bits per heavy atom. The Morgan fingerprint density at radius 3 is 2.36 bits per heavy atom. The summed E-state index contributed by atoms with van der Waals surface area (Å²) in [5.74, 6) is 0.875. The van der Waals surface area contributed by atoms with Gasteiger partial charge in [-0.3, -0.25) is 0 Å². The molecule has 0 radical (unpaired) electrons. The van der Waals surface area contributed by atoms with Gasteiger partial charge in [-0.05, 0) is 36.0 Å². The minimum atomic E-state index is 0.316. The smallest absolute Gasteiger partial charge is 0.188 e. The fourth-order valence-electron chi connectivity index (χ4n) is 1.56. The van der Waals surface area contributed by atoms with Crippen LogP contribution in [0.2, 0.25) is 0 Å². The third-order valence-electron chi connectivity index (χ3n) is 2.89. The van der Waals surface area contributed by atoms with E-state index in [1.54, 1.807) is 7.11 Å². The Bertz CT molecular complexity index is 299. The Morgan fingerprint density at radius 1 is 1.21 bits per heavy atom. The molecule has 0 atom stereocenters. The normalized spacial score (nSPS) is 17.9. The molecule has 14 heavy (non-hydrogen) atoms. The first-order valence-corrected chi connectivity index (χ1v) is 4.97. The molecule has 1 aliphatic carbocycles. The van der Waals surface area contributed by atoms with Gasteiger partial charge in [-0.15, -0.1) is 0 Å². The molecule has 1 fully saturated rings. The lowest BCUT2D eigenvalue weighted by Gasteiger charge is -2.10. The molecule has 1 saturated carbocycles. The second-order valence-electron chi connectivity index (χ2n) is 4.14. The van der Waals surface area contributed by atoms with Gasteiger partial charge < -0.3 is 9.47 Å².